The second kappa shape index (κ2) is 9.87. The van der Waals surface area contributed by atoms with E-state index in [1.165, 1.54) is 17.7 Å². The van der Waals surface area contributed by atoms with Crippen molar-refractivity contribution in [1.82, 2.24) is 0 Å². The van der Waals surface area contributed by atoms with Crippen LogP contribution in [0.5, 0.6) is 11.5 Å². The number of rotatable bonds is 7. The molecule has 29 heavy (non-hydrogen) atoms. The molecule has 2 saturated heterocycles. The minimum Gasteiger partial charge on any atom is -0.455 e. The van der Waals surface area contributed by atoms with Crippen molar-refractivity contribution in [3.8, 4) is 11.5 Å². The molecule has 1 amide bonds. The Labute approximate surface area is 172 Å². The second-order valence-electron chi connectivity index (χ2n) is 7.98. The van der Waals surface area contributed by atoms with Gasteiger partial charge in [-0.3, -0.25) is 4.79 Å². The number of ether oxygens (including phenoxy) is 2. The van der Waals surface area contributed by atoms with Gasteiger partial charge in [-0.1, -0.05) is 30.3 Å². The van der Waals surface area contributed by atoms with Crippen LogP contribution < -0.4 is 19.9 Å². The zero-order valence-electron chi connectivity index (χ0n) is 16.9. The van der Waals surface area contributed by atoms with Crippen molar-refractivity contribution < 1.29 is 24.1 Å². The standard InChI is InChI=1S/C23H29N3O3/c27-23(18-26-14-12-25(13-15-26)17-20-9-6-16-28-20)24-21-10-4-5-11-22(21)29-19-7-2-1-3-8-19/h1-5,7-8,10-11,20H,6,9,12-18H2,(H,24,27)/p+2/t20-/m0/s1. The first-order valence-electron chi connectivity index (χ1n) is 10.7. The number of hydrogen-bond acceptors (Lipinski definition) is 3. The summed E-state index contributed by atoms with van der Waals surface area (Å²) in [6, 6.07) is 17.2. The van der Waals surface area contributed by atoms with Gasteiger partial charge in [0, 0.05) is 6.61 Å². The van der Waals surface area contributed by atoms with E-state index in [2.05, 4.69) is 5.32 Å². The van der Waals surface area contributed by atoms with E-state index < -0.39 is 0 Å². The monoisotopic (exact) mass is 397 g/mol. The molecule has 2 aliphatic heterocycles. The highest BCUT2D eigenvalue weighted by atomic mass is 16.5. The lowest BCUT2D eigenvalue weighted by atomic mass is 10.2. The molecule has 1 atom stereocenters. The summed E-state index contributed by atoms with van der Waals surface area (Å²) < 4.78 is 11.7. The van der Waals surface area contributed by atoms with Gasteiger partial charge in [-0.25, -0.2) is 0 Å². The lowest BCUT2D eigenvalue weighted by Crippen LogP contribution is -3.28. The molecule has 2 aromatic rings. The Bertz CT molecular complexity index is 785. The topological polar surface area (TPSA) is 56.4 Å². The quantitative estimate of drug-likeness (QED) is 0.633. The molecular weight excluding hydrogens is 366 g/mol. The summed E-state index contributed by atoms with van der Waals surface area (Å²) in [4.78, 5) is 15.6. The summed E-state index contributed by atoms with van der Waals surface area (Å²) >= 11 is 0. The molecule has 6 nitrogen and oxygen atoms in total. The third-order valence-corrected chi connectivity index (χ3v) is 5.75. The molecular formula is C23H31N3O3+2. The van der Waals surface area contributed by atoms with Gasteiger partial charge in [-0.15, -0.1) is 0 Å². The molecule has 0 unspecified atom stereocenters. The van der Waals surface area contributed by atoms with E-state index >= 15 is 0 Å². The first kappa shape index (κ1) is 19.9. The van der Waals surface area contributed by atoms with E-state index in [9.17, 15) is 4.79 Å². The van der Waals surface area contributed by atoms with E-state index in [1.807, 2.05) is 54.6 Å². The Morgan fingerprint density at radius 2 is 1.72 bits per heavy atom. The van der Waals surface area contributed by atoms with Crippen molar-refractivity contribution >= 4 is 11.6 Å². The molecule has 2 fully saturated rings. The van der Waals surface area contributed by atoms with Gasteiger partial charge in [0.15, 0.2) is 12.3 Å². The summed E-state index contributed by atoms with van der Waals surface area (Å²) in [5.41, 5.74) is 0.711. The fourth-order valence-electron chi connectivity index (χ4n) is 4.16. The molecule has 2 heterocycles. The van der Waals surface area contributed by atoms with Crippen LogP contribution in [-0.2, 0) is 9.53 Å². The number of benzene rings is 2. The Morgan fingerprint density at radius 1 is 1.00 bits per heavy atom. The molecule has 154 valence electrons. The number of carbonyl (C=O) groups excluding carboxylic acids is 1. The summed E-state index contributed by atoms with van der Waals surface area (Å²) in [6.07, 6.45) is 2.84. The van der Waals surface area contributed by atoms with Crippen molar-refractivity contribution in [3.63, 3.8) is 0 Å². The smallest absolute Gasteiger partial charge is 0.279 e. The minimum atomic E-state index is 0.0340. The van der Waals surface area contributed by atoms with Gasteiger partial charge < -0.3 is 24.6 Å². The Balaban J connectivity index is 1.26. The van der Waals surface area contributed by atoms with Gasteiger partial charge in [0.1, 0.15) is 44.6 Å². The average Bonchev–Trinajstić information content (AvgIpc) is 3.25. The molecule has 0 bridgehead atoms. The molecule has 0 aromatic heterocycles. The highest BCUT2D eigenvalue weighted by molar-refractivity contribution is 5.93. The number of para-hydroxylation sites is 3. The first-order chi connectivity index (χ1) is 14.3. The maximum absolute atomic E-state index is 12.6. The van der Waals surface area contributed by atoms with E-state index in [-0.39, 0.29) is 5.91 Å². The van der Waals surface area contributed by atoms with E-state index in [1.54, 1.807) is 4.90 Å². The summed E-state index contributed by atoms with van der Waals surface area (Å²) in [5, 5.41) is 3.04. The lowest BCUT2D eigenvalue weighted by molar-refractivity contribution is -1.01. The molecule has 0 saturated carbocycles. The predicted molar refractivity (Wildman–Crippen MR) is 112 cm³/mol. The Kier molecular flexibility index (Phi) is 6.77. The minimum absolute atomic E-state index is 0.0340. The van der Waals surface area contributed by atoms with Crippen LogP contribution >= 0.6 is 0 Å². The molecule has 2 aromatic carbocycles. The van der Waals surface area contributed by atoms with Gasteiger partial charge in [0.05, 0.1) is 5.69 Å². The van der Waals surface area contributed by atoms with Gasteiger partial charge >= 0.3 is 0 Å². The number of quaternary nitrogens is 2. The van der Waals surface area contributed by atoms with Crippen molar-refractivity contribution in [1.29, 1.82) is 0 Å². The highest BCUT2D eigenvalue weighted by Gasteiger charge is 2.28. The molecule has 0 spiro atoms. The summed E-state index contributed by atoms with van der Waals surface area (Å²) in [6.45, 7) is 6.79. The maximum Gasteiger partial charge on any atom is 0.279 e. The van der Waals surface area contributed by atoms with Gasteiger partial charge in [0.25, 0.3) is 5.91 Å². The number of nitrogens with one attached hydrogen (secondary N) is 3. The van der Waals surface area contributed by atoms with Gasteiger partial charge in [0.2, 0.25) is 0 Å². The predicted octanol–water partition coefficient (Wildman–Crippen LogP) is 0.380. The third kappa shape index (κ3) is 5.79. The van der Waals surface area contributed by atoms with Crippen molar-refractivity contribution in [3.05, 3.63) is 54.6 Å². The van der Waals surface area contributed by atoms with Gasteiger partial charge in [-0.05, 0) is 37.1 Å². The summed E-state index contributed by atoms with van der Waals surface area (Å²) in [5.74, 6) is 1.45. The second-order valence-corrected chi connectivity index (χ2v) is 7.98. The van der Waals surface area contributed by atoms with E-state index in [0.717, 1.165) is 45.1 Å². The first-order valence-corrected chi connectivity index (χ1v) is 10.7. The highest BCUT2D eigenvalue weighted by Crippen LogP contribution is 2.28. The third-order valence-electron chi connectivity index (χ3n) is 5.75. The fourth-order valence-corrected chi connectivity index (χ4v) is 4.16. The average molecular weight is 398 g/mol. The van der Waals surface area contributed by atoms with Crippen LogP contribution in [0.1, 0.15) is 12.8 Å². The molecule has 3 N–H and O–H groups in total. The van der Waals surface area contributed by atoms with Crippen molar-refractivity contribution in [2.75, 3.05) is 51.2 Å². The maximum atomic E-state index is 12.6. The van der Waals surface area contributed by atoms with Crippen LogP contribution in [0.2, 0.25) is 0 Å². The van der Waals surface area contributed by atoms with E-state index in [0.29, 0.717) is 24.1 Å². The SMILES string of the molecule is O=C(C[NH+]1CC[NH+](C[C@@H]2CCCO2)CC1)Nc1ccccc1Oc1ccccc1. The number of carbonyl (C=O) groups is 1. The molecule has 4 rings (SSSR count). The van der Waals surface area contributed by atoms with Crippen LogP contribution in [0.3, 0.4) is 0 Å². The van der Waals surface area contributed by atoms with Crippen LogP contribution in [0.15, 0.2) is 54.6 Å². The molecule has 0 aliphatic carbocycles. The lowest BCUT2D eigenvalue weighted by Gasteiger charge is -2.30. The van der Waals surface area contributed by atoms with Crippen molar-refractivity contribution in [2.24, 2.45) is 0 Å². The Hall–Kier alpha value is -2.41. The fraction of sp³-hybridized carbons (Fsp3) is 0.435. The zero-order valence-corrected chi connectivity index (χ0v) is 16.9. The largest absolute Gasteiger partial charge is 0.455 e. The number of anilines is 1. The number of amides is 1. The van der Waals surface area contributed by atoms with Crippen LogP contribution in [-0.4, -0.2) is 57.9 Å². The zero-order chi connectivity index (χ0) is 19.9. The summed E-state index contributed by atoms with van der Waals surface area (Å²) in [7, 11) is 0. The van der Waals surface area contributed by atoms with E-state index in [4.69, 9.17) is 9.47 Å². The number of piperazine rings is 1. The number of hydrogen-bond donors (Lipinski definition) is 3. The van der Waals surface area contributed by atoms with Crippen LogP contribution in [0.4, 0.5) is 5.69 Å². The molecule has 2 aliphatic rings. The van der Waals surface area contributed by atoms with Crippen LogP contribution in [0, 0.1) is 0 Å². The van der Waals surface area contributed by atoms with Crippen molar-refractivity contribution in [2.45, 2.75) is 18.9 Å². The van der Waals surface area contributed by atoms with Crippen LogP contribution in [0.25, 0.3) is 0 Å². The molecule has 0 radical (unpaired) electrons. The normalized spacial score (nSPS) is 24.2. The Morgan fingerprint density at radius 3 is 2.48 bits per heavy atom. The molecule has 6 heteroatoms. The van der Waals surface area contributed by atoms with Gasteiger partial charge in [-0.2, -0.15) is 0 Å².